The second-order valence-corrected chi connectivity index (χ2v) is 8.54. The number of aryl methyl sites for hydroxylation is 2. The van der Waals surface area contributed by atoms with E-state index in [4.69, 9.17) is 0 Å². The number of carbonyl (C=O) groups excluding carboxylic acids is 1. The molecular formula is C20H27N3O3S. The standard InChI is InChI=1S/C20H27N3O3S/c1-15-6-9-18(10-7-15)27(25,26)22-19-11-8-17(14-16(19)2)20(24)21-12-5-13-23(3)4/h6-11,14,22H,5,12-13H2,1-4H3,(H,21,24). The summed E-state index contributed by atoms with van der Waals surface area (Å²) in [6, 6.07) is 11.6. The topological polar surface area (TPSA) is 78.5 Å². The number of anilines is 1. The molecule has 0 aliphatic carbocycles. The summed E-state index contributed by atoms with van der Waals surface area (Å²) in [7, 11) is 0.309. The summed E-state index contributed by atoms with van der Waals surface area (Å²) in [6.45, 7) is 5.17. The predicted octanol–water partition coefficient (Wildman–Crippen LogP) is 2.79. The number of carbonyl (C=O) groups is 1. The third-order valence-corrected chi connectivity index (χ3v) is 5.51. The first-order chi connectivity index (χ1) is 12.7. The van der Waals surface area contributed by atoms with Crippen LogP contribution in [0, 0.1) is 13.8 Å². The summed E-state index contributed by atoms with van der Waals surface area (Å²) in [5.74, 6) is -0.162. The summed E-state index contributed by atoms with van der Waals surface area (Å²) < 4.78 is 27.6. The quantitative estimate of drug-likeness (QED) is 0.681. The van der Waals surface area contributed by atoms with E-state index in [2.05, 4.69) is 14.9 Å². The highest BCUT2D eigenvalue weighted by atomic mass is 32.2. The molecule has 0 bridgehead atoms. The fraction of sp³-hybridized carbons (Fsp3) is 0.350. The highest BCUT2D eigenvalue weighted by Crippen LogP contribution is 2.21. The Bertz CT molecular complexity index is 891. The summed E-state index contributed by atoms with van der Waals surface area (Å²) in [4.78, 5) is 14.5. The fourth-order valence-corrected chi connectivity index (χ4v) is 3.67. The Morgan fingerprint density at radius 2 is 1.70 bits per heavy atom. The molecule has 2 N–H and O–H groups in total. The minimum absolute atomic E-state index is 0.162. The number of rotatable bonds is 8. The van der Waals surface area contributed by atoms with Gasteiger partial charge in [0.25, 0.3) is 15.9 Å². The second-order valence-electron chi connectivity index (χ2n) is 6.86. The molecule has 0 saturated heterocycles. The molecule has 0 aliphatic rings. The van der Waals surface area contributed by atoms with Crippen LogP contribution in [0.4, 0.5) is 5.69 Å². The molecule has 2 aromatic rings. The number of hydrogen-bond donors (Lipinski definition) is 2. The number of amides is 1. The Balaban J connectivity index is 2.05. The van der Waals surface area contributed by atoms with Crippen molar-refractivity contribution >= 4 is 21.6 Å². The molecule has 27 heavy (non-hydrogen) atoms. The molecule has 2 aromatic carbocycles. The average molecular weight is 390 g/mol. The van der Waals surface area contributed by atoms with Gasteiger partial charge in [0.15, 0.2) is 0 Å². The maximum atomic E-state index is 12.5. The van der Waals surface area contributed by atoms with Gasteiger partial charge in [-0.2, -0.15) is 0 Å². The molecule has 0 saturated carbocycles. The van der Waals surface area contributed by atoms with Crippen LogP contribution in [0.1, 0.15) is 27.9 Å². The van der Waals surface area contributed by atoms with Gasteiger partial charge in [0.05, 0.1) is 10.6 Å². The van der Waals surface area contributed by atoms with Gasteiger partial charge < -0.3 is 10.2 Å². The first kappa shape index (κ1) is 20.9. The molecule has 0 aromatic heterocycles. The van der Waals surface area contributed by atoms with E-state index in [1.165, 1.54) is 0 Å². The molecule has 0 radical (unpaired) electrons. The van der Waals surface area contributed by atoms with E-state index in [1.807, 2.05) is 21.0 Å². The molecule has 0 heterocycles. The van der Waals surface area contributed by atoms with E-state index in [0.29, 0.717) is 23.4 Å². The molecule has 2 rings (SSSR count). The monoisotopic (exact) mass is 389 g/mol. The third-order valence-electron chi connectivity index (χ3n) is 4.13. The van der Waals surface area contributed by atoms with Crippen molar-refractivity contribution in [1.82, 2.24) is 10.2 Å². The van der Waals surface area contributed by atoms with E-state index in [9.17, 15) is 13.2 Å². The zero-order chi connectivity index (χ0) is 20.0. The number of nitrogens with zero attached hydrogens (tertiary/aromatic N) is 1. The molecule has 146 valence electrons. The van der Waals surface area contributed by atoms with Crippen LogP contribution in [0.3, 0.4) is 0 Å². The van der Waals surface area contributed by atoms with Gasteiger partial charge in [-0.05, 0) is 76.8 Å². The van der Waals surface area contributed by atoms with E-state index < -0.39 is 10.0 Å². The lowest BCUT2D eigenvalue weighted by atomic mass is 10.1. The van der Waals surface area contributed by atoms with Gasteiger partial charge in [0, 0.05) is 12.1 Å². The Morgan fingerprint density at radius 1 is 1.04 bits per heavy atom. The third kappa shape index (κ3) is 6.08. The highest BCUT2D eigenvalue weighted by Gasteiger charge is 2.16. The molecule has 0 aliphatic heterocycles. The Hall–Kier alpha value is -2.38. The van der Waals surface area contributed by atoms with Gasteiger partial charge in [-0.25, -0.2) is 8.42 Å². The number of sulfonamides is 1. The van der Waals surface area contributed by atoms with E-state index in [1.54, 1.807) is 49.4 Å². The molecule has 0 unspecified atom stereocenters. The van der Waals surface area contributed by atoms with Crippen molar-refractivity contribution in [3.8, 4) is 0 Å². The first-order valence-corrected chi connectivity index (χ1v) is 10.3. The summed E-state index contributed by atoms with van der Waals surface area (Å²) >= 11 is 0. The van der Waals surface area contributed by atoms with Gasteiger partial charge in [-0.15, -0.1) is 0 Å². The summed E-state index contributed by atoms with van der Waals surface area (Å²) in [5.41, 5.74) is 2.65. The van der Waals surface area contributed by atoms with Crippen LogP contribution in [0.25, 0.3) is 0 Å². The number of hydrogen-bond acceptors (Lipinski definition) is 4. The lowest BCUT2D eigenvalue weighted by molar-refractivity contribution is 0.0952. The summed E-state index contributed by atoms with van der Waals surface area (Å²) in [6.07, 6.45) is 0.867. The van der Waals surface area contributed by atoms with Crippen molar-refractivity contribution in [1.29, 1.82) is 0 Å². The smallest absolute Gasteiger partial charge is 0.261 e. The average Bonchev–Trinajstić information content (AvgIpc) is 2.60. The van der Waals surface area contributed by atoms with E-state index in [-0.39, 0.29) is 10.8 Å². The van der Waals surface area contributed by atoms with Crippen LogP contribution in [-0.2, 0) is 10.0 Å². The van der Waals surface area contributed by atoms with Crippen LogP contribution < -0.4 is 10.0 Å². The maximum Gasteiger partial charge on any atom is 0.261 e. The predicted molar refractivity (Wildman–Crippen MR) is 109 cm³/mol. The molecule has 7 heteroatoms. The molecule has 0 spiro atoms. The SMILES string of the molecule is Cc1ccc(S(=O)(=O)Nc2ccc(C(=O)NCCCN(C)C)cc2C)cc1. The van der Waals surface area contributed by atoms with Crippen molar-refractivity contribution in [3.05, 3.63) is 59.2 Å². The van der Waals surface area contributed by atoms with E-state index in [0.717, 1.165) is 18.5 Å². The van der Waals surface area contributed by atoms with Crippen LogP contribution >= 0.6 is 0 Å². The normalized spacial score (nSPS) is 11.4. The van der Waals surface area contributed by atoms with Crippen molar-refractivity contribution in [2.45, 2.75) is 25.2 Å². The van der Waals surface area contributed by atoms with Crippen molar-refractivity contribution < 1.29 is 13.2 Å². The van der Waals surface area contributed by atoms with Crippen molar-refractivity contribution in [3.63, 3.8) is 0 Å². The number of benzene rings is 2. The number of nitrogens with one attached hydrogen (secondary N) is 2. The van der Waals surface area contributed by atoms with Gasteiger partial charge >= 0.3 is 0 Å². The molecule has 0 fully saturated rings. The zero-order valence-electron chi connectivity index (χ0n) is 16.2. The van der Waals surface area contributed by atoms with Crippen LogP contribution in [-0.4, -0.2) is 46.4 Å². The zero-order valence-corrected chi connectivity index (χ0v) is 17.1. The van der Waals surface area contributed by atoms with Crippen LogP contribution in [0.5, 0.6) is 0 Å². The van der Waals surface area contributed by atoms with E-state index >= 15 is 0 Å². The van der Waals surface area contributed by atoms with Gasteiger partial charge in [0.1, 0.15) is 0 Å². The molecule has 6 nitrogen and oxygen atoms in total. The molecular weight excluding hydrogens is 362 g/mol. The van der Waals surface area contributed by atoms with Crippen molar-refractivity contribution in [2.75, 3.05) is 31.9 Å². The summed E-state index contributed by atoms with van der Waals surface area (Å²) in [5, 5.41) is 2.88. The lowest BCUT2D eigenvalue weighted by Gasteiger charge is -2.13. The Labute approximate surface area is 161 Å². The Morgan fingerprint density at radius 3 is 2.30 bits per heavy atom. The maximum absolute atomic E-state index is 12.5. The highest BCUT2D eigenvalue weighted by molar-refractivity contribution is 7.92. The minimum Gasteiger partial charge on any atom is -0.352 e. The van der Waals surface area contributed by atoms with Gasteiger partial charge in [-0.3, -0.25) is 9.52 Å². The largest absolute Gasteiger partial charge is 0.352 e. The van der Waals surface area contributed by atoms with Gasteiger partial charge in [0.2, 0.25) is 0 Å². The lowest BCUT2D eigenvalue weighted by Crippen LogP contribution is -2.27. The Kier molecular flexibility index (Phi) is 6.98. The first-order valence-electron chi connectivity index (χ1n) is 8.82. The second kappa shape index (κ2) is 9.01. The van der Waals surface area contributed by atoms with Crippen LogP contribution in [0.2, 0.25) is 0 Å². The molecule has 0 atom stereocenters. The molecule has 1 amide bonds. The van der Waals surface area contributed by atoms with Crippen LogP contribution in [0.15, 0.2) is 47.4 Å². The van der Waals surface area contributed by atoms with Gasteiger partial charge in [-0.1, -0.05) is 17.7 Å². The van der Waals surface area contributed by atoms with Crippen molar-refractivity contribution in [2.24, 2.45) is 0 Å². The fourth-order valence-electron chi connectivity index (χ4n) is 2.54. The minimum atomic E-state index is -3.67.